The molecule has 2 N–H and O–H groups in total. The van der Waals surface area contributed by atoms with E-state index in [1.165, 1.54) is 38.5 Å². The first-order chi connectivity index (χ1) is 9.66. The Hall–Kier alpha value is -1.35. The molecule has 110 valence electrons. The standard InChI is InChI=1S/C17H25NO2/c1-13(15-8-4-2-3-5-9-15)18-12-14-7-6-10-16(11-14)17(19)20/h6-7,10-11,13,15,18H,2-5,8-9,12H2,1H3,(H,19,20)/t13-/m0/s1. The highest BCUT2D eigenvalue weighted by Crippen LogP contribution is 2.25. The lowest BCUT2D eigenvalue weighted by molar-refractivity contribution is 0.0696. The third kappa shape index (κ3) is 4.34. The molecule has 1 aromatic rings. The number of carbonyl (C=O) groups is 1. The van der Waals surface area contributed by atoms with E-state index in [4.69, 9.17) is 5.11 Å². The average molecular weight is 275 g/mol. The Morgan fingerprint density at radius 1 is 1.30 bits per heavy atom. The van der Waals surface area contributed by atoms with Crippen molar-refractivity contribution < 1.29 is 9.90 Å². The largest absolute Gasteiger partial charge is 0.478 e. The maximum atomic E-state index is 11.0. The molecule has 0 unspecified atom stereocenters. The van der Waals surface area contributed by atoms with Gasteiger partial charge in [-0.25, -0.2) is 4.79 Å². The van der Waals surface area contributed by atoms with Gasteiger partial charge in [0.15, 0.2) is 0 Å². The van der Waals surface area contributed by atoms with Gasteiger partial charge < -0.3 is 10.4 Å². The normalized spacial score (nSPS) is 18.4. The van der Waals surface area contributed by atoms with Gasteiger partial charge in [0.05, 0.1) is 5.56 Å². The minimum absolute atomic E-state index is 0.367. The molecule has 0 heterocycles. The van der Waals surface area contributed by atoms with Crippen LogP contribution in [0.25, 0.3) is 0 Å². The first kappa shape index (κ1) is 15.0. The SMILES string of the molecule is C[C@H](NCc1cccc(C(=O)O)c1)C1CCCCCC1. The molecule has 0 aliphatic heterocycles. The van der Waals surface area contributed by atoms with Crippen LogP contribution in [-0.2, 0) is 6.54 Å². The molecule has 0 aromatic heterocycles. The summed E-state index contributed by atoms with van der Waals surface area (Å²) in [6, 6.07) is 7.70. The van der Waals surface area contributed by atoms with E-state index in [1.807, 2.05) is 12.1 Å². The van der Waals surface area contributed by atoms with Crippen molar-refractivity contribution in [1.82, 2.24) is 5.32 Å². The number of carboxylic acids is 1. The second-order valence-corrected chi connectivity index (χ2v) is 5.93. The van der Waals surface area contributed by atoms with Gasteiger partial charge >= 0.3 is 5.97 Å². The number of hydrogen-bond donors (Lipinski definition) is 2. The lowest BCUT2D eigenvalue weighted by Gasteiger charge is -2.23. The fourth-order valence-electron chi connectivity index (χ4n) is 3.07. The zero-order valence-electron chi connectivity index (χ0n) is 12.3. The van der Waals surface area contributed by atoms with Gasteiger partial charge in [0.2, 0.25) is 0 Å². The van der Waals surface area contributed by atoms with Crippen molar-refractivity contribution in [2.24, 2.45) is 5.92 Å². The molecular weight excluding hydrogens is 250 g/mol. The molecule has 0 spiro atoms. The van der Waals surface area contributed by atoms with Crippen LogP contribution in [0.4, 0.5) is 0 Å². The maximum Gasteiger partial charge on any atom is 0.335 e. The Labute approximate surface area is 121 Å². The van der Waals surface area contributed by atoms with Crippen molar-refractivity contribution in [3.05, 3.63) is 35.4 Å². The molecule has 1 aliphatic carbocycles. The third-order valence-corrected chi connectivity index (χ3v) is 4.41. The Morgan fingerprint density at radius 3 is 2.65 bits per heavy atom. The van der Waals surface area contributed by atoms with Crippen molar-refractivity contribution in [2.45, 2.75) is 58.0 Å². The summed E-state index contributed by atoms with van der Waals surface area (Å²) in [6.45, 7) is 3.01. The summed E-state index contributed by atoms with van der Waals surface area (Å²) >= 11 is 0. The van der Waals surface area contributed by atoms with E-state index in [0.29, 0.717) is 11.6 Å². The van der Waals surface area contributed by atoms with Crippen molar-refractivity contribution in [1.29, 1.82) is 0 Å². The fourth-order valence-corrected chi connectivity index (χ4v) is 3.07. The Bertz CT molecular complexity index is 436. The van der Waals surface area contributed by atoms with Gasteiger partial charge in [-0.05, 0) is 43.4 Å². The highest BCUT2D eigenvalue weighted by Gasteiger charge is 2.18. The van der Waals surface area contributed by atoms with E-state index in [1.54, 1.807) is 12.1 Å². The Balaban J connectivity index is 1.87. The minimum atomic E-state index is -0.858. The van der Waals surface area contributed by atoms with Crippen molar-refractivity contribution in [3.63, 3.8) is 0 Å². The van der Waals surface area contributed by atoms with Crippen LogP contribution in [0.5, 0.6) is 0 Å². The molecule has 1 atom stereocenters. The van der Waals surface area contributed by atoms with E-state index in [0.717, 1.165) is 18.0 Å². The predicted molar refractivity (Wildman–Crippen MR) is 80.9 cm³/mol. The van der Waals surface area contributed by atoms with Crippen molar-refractivity contribution in [2.75, 3.05) is 0 Å². The molecule has 0 amide bonds. The highest BCUT2D eigenvalue weighted by molar-refractivity contribution is 5.87. The summed E-state index contributed by atoms with van der Waals surface area (Å²) in [5.41, 5.74) is 1.41. The summed E-state index contributed by atoms with van der Waals surface area (Å²) in [5, 5.41) is 12.6. The molecule has 20 heavy (non-hydrogen) atoms. The molecule has 1 aromatic carbocycles. The fraction of sp³-hybridized carbons (Fsp3) is 0.588. The number of aromatic carboxylic acids is 1. The summed E-state index contributed by atoms with van der Waals surface area (Å²) in [7, 11) is 0. The lowest BCUT2D eigenvalue weighted by Crippen LogP contribution is -2.33. The van der Waals surface area contributed by atoms with Crippen LogP contribution in [0, 0.1) is 5.92 Å². The first-order valence-electron chi connectivity index (χ1n) is 7.72. The number of nitrogens with one attached hydrogen (secondary N) is 1. The summed E-state index contributed by atoms with van der Waals surface area (Å²) in [5.74, 6) is -0.0937. The smallest absolute Gasteiger partial charge is 0.335 e. The Kier molecular flexibility index (Phi) is 5.60. The van der Waals surface area contributed by atoms with Crippen LogP contribution in [0.1, 0.15) is 61.4 Å². The molecule has 3 heteroatoms. The average Bonchev–Trinajstić information content (AvgIpc) is 2.74. The van der Waals surface area contributed by atoms with Gasteiger partial charge in [-0.15, -0.1) is 0 Å². The molecule has 2 rings (SSSR count). The predicted octanol–water partition coefficient (Wildman–Crippen LogP) is 3.83. The van der Waals surface area contributed by atoms with Gasteiger partial charge in [-0.3, -0.25) is 0 Å². The van der Waals surface area contributed by atoms with E-state index >= 15 is 0 Å². The molecule has 1 aliphatic rings. The van der Waals surface area contributed by atoms with Crippen molar-refractivity contribution >= 4 is 5.97 Å². The maximum absolute atomic E-state index is 11.0. The number of hydrogen-bond acceptors (Lipinski definition) is 2. The van der Waals surface area contributed by atoms with Crippen molar-refractivity contribution in [3.8, 4) is 0 Å². The summed E-state index contributed by atoms with van der Waals surface area (Å²) in [6.07, 6.45) is 8.11. The monoisotopic (exact) mass is 275 g/mol. The zero-order chi connectivity index (χ0) is 14.4. The van der Waals surface area contributed by atoms with Crippen LogP contribution in [0.2, 0.25) is 0 Å². The summed E-state index contributed by atoms with van der Waals surface area (Å²) < 4.78 is 0. The van der Waals surface area contributed by atoms with Gasteiger partial charge in [0.1, 0.15) is 0 Å². The topological polar surface area (TPSA) is 49.3 Å². The summed E-state index contributed by atoms with van der Waals surface area (Å²) in [4.78, 5) is 11.0. The second-order valence-electron chi connectivity index (χ2n) is 5.93. The molecule has 1 fully saturated rings. The highest BCUT2D eigenvalue weighted by atomic mass is 16.4. The molecule has 0 bridgehead atoms. The number of benzene rings is 1. The molecule has 3 nitrogen and oxygen atoms in total. The van der Waals surface area contributed by atoms with Gasteiger partial charge in [0.25, 0.3) is 0 Å². The van der Waals surface area contributed by atoms with Crippen LogP contribution >= 0.6 is 0 Å². The first-order valence-corrected chi connectivity index (χ1v) is 7.72. The van der Waals surface area contributed by atoms with Crippen LogP contribution < -0.4 is 5.32 Å². The van der Waals surface area contributed by atoms with E-state index in [9.17, 15) is 4.79 Å². The molecule has 0 saturated heterocycles. The van der Waals surface area contributed by atoms with Crippen LogP contribution in [-0.4, -0.2) is 17.1 Å². The lowest BCUT2D eigenvalue weighted by atomic mass is 9.93. The van der Waals surface area contributed by atoms with Gasteiger partial charge in [0, 0.05) is 12.6 Å². The zero-order valence-corrected chi connectivity index (χ0v) is 12.3. The molecule has 1 saturated carbocycles. The van der Waals surface area contributed by atoms with E-state index in [-0.39, 0.29) is 0 Å². The van der Waals surface area contributed by atoms with Gasteiger partial charge in [-0.1, -0.05) is 37.8 Å². The number of rotatable bonds is 5. The second kappa shape index (κ2) is 7.44. The minimum Gasteiger partial charge on any atom is -0.478 e. The molecular formula is C17H25NO2. The Morgan fingerprint density at radius 2 is 2.00 bits per heavy atom. The van der Waals surface area contributed by atoms with Gasteiger partial charge in [-0.2, -0.15) is 0 Å². The quantitative estimate of drug-likeness (QED) is 0.803. The molecule has 0 radical (unpaired) electrons. The van der Waals surface area contributed by atoms with Crippen LogP contribution in [0.15, 0.2) is 24.3 Å². The van der Waals surface area contributed by atoms with E-state index < -0.39 is 5.97 Å². The van der Waals surface area contributed by atoms with E-state index in [2.05, 4.69) is 12.2 Å². The van der Waals surface area contributed by atoms with Crippen LogP contribution in [0.3, 0.4) is 0 Å². The number of carboxylic acid groups (broad SMARTS) is 1. The third-order valence-electron chi connectivity index (χ3n) is 4.41.